The molecule has 0 saturated carbocycles. The zero-order valence-corrected chi connectivity index (χ0v) is 15.4. The van der Waals surface area contributed by atoms with Crippen LogP contribution in [0.15, 0.2) is 30.3 Å². The SMILES string of the molecule is COOCCCCCCN(CCONO)S(=O)(=O)Cc1ccccc1. The summed E-state index contributed by atoms with van der Waals surface area (Å²) >= 11 is 0. The quantitative estimate of drug-likeness (QED) is 0.274. The average Bonchev–Trinajstić information content (AvgIpc) is 2.60. The van der Waals surface area contributed by atoms with Crippen molar-refractivity contribution in [3.63, 3.8) is 0 Å². The minimum absolute atomic E-state index is 0.0535. The van der Waals surface area contributed by atoms with E-state index in [9.17, 15) is 8.42 Å². The summed E-state index contributed by atoms with van der Waals surface area (Å²) in [6.45, 7) is 1.18. The lowest BCUT2D eigenvalue weighted by atomic mass is 10.2. The van der Waals surface area contributed by atoms with Gasteiger partial charge < -0.3 is 0 Å². The van der Waals surface area contributed by atoms with Gasteiger partial charge in [-0.15, -0.1) is 0 Å². The summed E-state index contributed by atoms with van der Waals surface area (Å²) in [6, 6.07) is 9.06. The van der Waals surface area contributed by atoms with Crippen molar-refractivity contribution in [2.24, 2.45) is 0 Å². The third-order valence-electron chi connectivity index (χ3n) is 3.60. The molecule has 0 atom stereocenters. The molecule has 0 aliphatic carbocycles. The van der Waals surface area contributed by atoms with Gasteiger partial charge in [0.25, 0.3) is 0 Å². The molecule has 0 fully saturated rings. The van der Waals surface area contributed by atoms with Crippen LogP contribution in [0, 0.1) is 0 Å². The van der Waals surface area contributed by atoms with Crippen molar-refractivity contribution in [2.45, 2.75) is 31.4 Å². The molecular formula is C16H28N2O6S. The Kier molecular flexibility index (Phi) is 11.6. The molecule has 1 rings (SSSR count). The lowest BCUT2D eigenvalue weighted by Gasteiger charge is -2.22. The number of rotatable bonds is 15. The first-order chi connectivity index (χ1) is 12.1. The Bertz CT molecular complexity index is 541. The summed E-state index contributed by atoms with van der Waals surface area (Å²) in [5.41, 5.74) is 2.31. The van der Waals surface area contributed by atoms with Gasteiger partial charge in [0.15, 0.2) is 0 Å². The maximum atomic E-state index is 12.7. The Morgan fingerprint density at radius 3 is 2.44 bits per heavy atom. The number of hydrogen-bond acceptors (Lipinski definition) is 7. The molecule has 0 unspecified atom stereocenters. The van der Waals surface area contributed by atoms with E-state index >= 15 is 0 Å². The fourth-order valence-electron chi connectivity index (χ4n) is 2.35. The Labute approximate surface area is 149 Å². The van der Waals surface area contributed by atoms with Crippen molar-refractivity contribution in [3.05, 3.63) is 35.9 Å². The summed E-state index contributed by atoms with van der Waals surface area (Å²) in [5, 5.41) is 8.47. The van der Waals surface area contributed by atoms with E-state index in [1.165, 1.54) is 11.4 Å². The van der Waals surface area contributed by atoms with Crippen LogP contribution in [0.25, 0.3) is 0 Å². The highest BCUT2D eigenvalue weighted by Crippen LogP contribution is 2.12. The second-order valence-corrected chi connectivity index (χ2v) is 7.45. The van der Waals surface area contributed by atoms with Crippen LogP contribution in [0.4, 0.5) is 0 Å². The minimum atomic E-state index is -3.46. The van der Waals surface area contributed by atoms with Gasteiger partial charge in [0.2, 0.25) is 10.0 Å². The second-order valence-electron chi connectivity index (χ2n) is 5.48. The molecule has 1 aromatic rings. The van der Waals surface area contributed by atoms with E-state index in [0.29, 0.717) is 13.2 Å². The van der Waals surface area contributed by atoms with Gasteiger partial charge in [0.1, 0.15) is 0 Å². The molecule has 0 bridgehead atoms. The fourth-order valence-corrected chi connectivity index (χ4v) is 3.90. The summed E-state index contributed by atoms with van der Waals surface area (Å²) in [4.78, 5) is 14.0. The van der Waals surface area contributed by atoms with Crippen molar-refractivity contribution >= 4 is 10.0 Å². The number of unbranched alkanes of at least 4 members (excludes halogenated alkanes) is 3. The van der Waals surface area contributed by atoms with E-state index in [4.69, 9.17) is 10.1 Å². The molecule has 8 nitrogen and oxygen atoms in total. The van der Waals surface area contributed by atoms with Crippen LogP contribution >= 0.6 is 0 Å². The average molecular weight is 376 g/mol. The van der Waals surface area contributed by atoms with E-state index in [2.05, 4.69) is 9.73 Å². The maximum Gasteiger partial charge on any atom is 0.218 e. The van der Waals surface area contributed by atoms with Crippen LogP contribution in [0.5, 0.6) is 0 Å². The highest BCUT2D eigenvalue weighted by molar-refractivity contribution is 7.88. The third-order valence-corrected chi connectivity index (χ3v) is 5.45. The van der Waals surface area contributed by atoms with Gasteiger partial charge in [-0.1, -0.05) is 48.8 Å². The number of sulfonamides is 1. The number of nitrogens with one attached hydrogen (secondary N) is 1. The second kappa shape index (κ2) is 13.2. The van der Waals surface area contributed by atoms with Gasteiger partial charge in [-0.3, -0.25) is 10.0 Å². The predicted octanol–water partition coefficient (Wildman–Crippen LogP) is 1.87. The van der Waals surface area contributed by atoms with E-state index in [1.807, 2.05) is 18.2 Å². The molecule has 0 aromatic heterocycles. The van der Waals surface area contributed by atoms with Crippen LogP contribution in [-0.2, 0) is 30.4 Å². The molecule has 2 N–H and O–H groups in total. The summed E-state index contributed by atoms with van der Waals surface area (Å²) in [6.07, 6.45) is 3.43. The largest absolute Gasteiger partial charge is 0.292 e. The maximum absolute atomic E-state index is 12.7. The van der Waals surface area contributed by atoms with E-state index in [1.54, 1.807) is 17.8 Å². The first kappa shape index (κ1) is 22.0. The normalized spacial score (nSPS) is 12.0. The Balaban J connectivity index is 2.50. The lowest BCUT2D eigenvalue weighted by molar-refractivity contribution is -0.272. The summed E-state index contributed by atoms with van der Waals surface area (Å²) in [7, 11) is -1.99. The minimum Gasteiger partial charge on any atom is -0.292 e. The van der Waals surface area contributed by atoms with Crippen molar-refractivity contribution in [1.82, 2.24) is 9.95 Å². The highest BCUT2D eigenvalue weighted by atomic mass is 32.2. The van der Waals surface area contributed by atoms with E-state index in [-0.39, 0.29) is 18.9 Å². The van der Waals surface area contributed by atoms with Crippen LogP contribution in [0.2, 0.25) is 0 Å². The van der Waals surface area contributed by atoms with Crippen LogP contribution < -0.4 is 5.64 Å². The van der Waals surface area contributed by atoms with Crippen molar-refractivity contribution in [1.29, 1.82) is 0 Å². The topological polar surface area (TPSA) is 97.3 Å². The lowest BCUT2D eigenvalue weighted by Crippen LogP contribution is -2.36. The third kappa shape index (κ3) is 9.85. The molecule has 0 aliphatic rings. The van der Waals surface area contributed by atoms with Crippen LogP contribution in [0.3, 0.4) is 0 Å². The molecule has 25 heavy (non-hydrogen) atoms. The standard InChI is InChI=1S/C16H28N2O6S/c1-22-24-13-8-3-2-7-11-18(12-14-23-17-19)25(20,21)15-16-9-5-4-6-10-16/h4-6,9-10,17,19H,2-3,7-8,11-15H2,1H3. The van der Waals surface area contributed by atoms with Crippen LogP contribution in [0.1, 0.15) is 31.2 Å². The Morgan fingerprint density at radius 2 is 1.76 bits per heavy atom. The zero-order valence-electron chi connectivity index (χ0n) is 14.6. The highest BCUT2D eigenvalue weighted by Gasteiger charge is 2.22. The molecule has 144 valence electrons. The molecule has 9 heteroatoms. The van der Waals surface area contributed by atoms with E-state index < -0.39 is 10.0 Å². The van der Waals surface area contributed by atoms with Gasteiger partial charge in [-0.2, -0.15) is 4.31 Å². The van der Waals surface area contributed by atoms with Crippen molar-refractivity contribution in [2.75, 3.05) is 33.4 Å². The monoisotopic (exact) mass is 376 g/mol. The number of nitrogens with zero attached hydrogens (tertiary/aromatic N) is 1. The molecule has 1 aromatic carbocycles. The van der Waals surface area contributed by atoms with Crippen LogP contribution in [-0.4, -0.2) is 51.3 Å². The molecule has 0 saturated heterocycles. The first-order valence-corrected chi connectivity index (χ1v) is 9.89. The summed E-state index contributed by atoms with van der Waals surface area (Å²) in [5.74, 6) is -0.0535. The molecular weight excluding hydrogens is 348 g/mol. The van der Waals surface area contributed by atoms with Gasteiger partial charge >= 0.3 is 0 Å². The van der Waals surface area contributed by atoms with E-state index in [0.717, 1.165) is 31.2 Å². The zero-order chi connectivity index (χ0) is 18.4. The van der Waals surface area contributed by atoms with Gasteiger partial charge in [-0.05, 0) is 18.4 Å². The van der Waals surface area contributed by atoms with Crippen molar-refractivity contribution in [3.8, 4) is 0 Å². The van der Waals surface area contributed by atoms with Crippen molar-refractivity contribution < 1.29 is 28.2 Å². The molecule has 0 heterocycles. The summed E-state index contributed by atoms with van der Waals surface area (Å²) < 4.78 is 26.7. The molecule has 0 amide bonds. The Hall–Kier alpha value is -1.07. The molecule has 0 aliphatic heterocycles. The van der Waals surface area contributed by atoms with Gasteiger partial charge in [-0.25, -0.2) is 18.2 Å². The number of benzene rings is 1. The molecule has 0 spiro atoms. The van der Waals surface area contributed by atoms with Gasteiger partial charge in [0, 0.05) is 13.1 Å². The smallest absolute Gasteiger partial charge is 0.218 e. The first-order valence-electron chi connectivity index (χ1n) is 8.28. The fraction of sp³-hybridized carbons (Fsp3) is 0.625. The van der Waals surface area contributed by atoms with Gasteiger partial charge in [0.05, 0.1) is 26.1 Å². The number of hydrogen-bond donors (Lipinski definition) is 2. The molecule has 0 radical (unpaired) electrons. The predicted molar refractivity (Wildman–Crippen MR) is 92.9 cm³/mol. The Morgan fingerprint density at radius 1 is 1.04 bits per heavy atom.